The topological polar surface area (TPSA) is 150 Å². The van der Waals surface area contributed by atoms with Crippen molar-refractivity contribution in [2.45, 2.75) is 95.5 Å². The number of carbonyl (C=O) groups excluding carboxylic acids is 4. The zero-order chi connectivity index (χ0) is 38.0. The Kier molecular flexibility index (Phi) is 11.1. The molecule has 1 saturated heterocycles. The van der Waals surface area contributed by atoms with Crippen LogP contribution in [0.5, 0.6) is 11.5 Å². The number of amides is 3. The van der Waals surface area contributed by atoms with Crippen molar-refractivity contribution in [3.8, 4) is 22.8 Å². The number of nitrogens with zero attached hydrogens (tertiary/aromatic N) is 2. The van der Waals surface area contributed by atoms with Crippen LogP contribution in [-0.4, -0.2) is 77.4 Å². The van der Waals surface area contributed by atoms with E-state index in [0.29, 0.717) is 55.1 Å². The molecule has 3 unspecified atom stereocenters. The summed E-state index contributed by atoms with van der Waals surface area (Å²) in [5, 5.41) is 3.79. The molecule has 3 heterocycles. The summed E-state index contributed by atoms with van der Waals surface area (Å²) in [6, 6.07) is 17.3. The van der Waals surface area contributed by atoms with Gasteiger partial charge < -0.3 is 30.2 Å². The predicted octanol–water partition coefficient (Wildman–Crippen LogP) is 5.78. The highest BCUT2D eigenvalue weighted by molar-refractivity contribution is 5.98. The lowest BCUT2D eigenvalue weighted by atomic mass is 9.80. The normalized spacial score (nSPS) is 30.4. The molecule has 2 aliphatic carbocycles. The van der Waals surface area contributed by atoms with Crippen molar-refractivity contribution in [2.24, 2.45) is 29.4 Å². The fraction of sp³-hybridized carbons (Fsp3) is 0.512. The van der Waals surface area contributed by atoms with Crippen molar-refractivity contribution in [3.05, 3.63) is 66.7 Å². The molecule has 2 saturated carbocycles. The number of Topliss-reactive ketones (excluding diaryl/α,β-unsaturated/α-hetero) is 1. The van der Waals surface area contributed by atoms with E-state index in [4.69, 9.17) is 24.9 Å². The van der Waals surface area contributed by atoms with Crippen LogP contribution in [0, 0.1) is 23.7 Å². The summed E-state index contributed by atoms with van der Waals surface area (Å²) in [4.78, 5) is 62.5. The molecule has 0 bridgehead atoms. The Bertz CT molecular complexity index is 1910. The van der Waals surface area contributed by atoms with Crippen LogP contribution in [0.1, 0.15) is 71.6 Å². The van der Waals surface area contributed by atoms with Crippen molar-refractivity contribution < 1.29 is 33.4 Å². The third kappa shape index (κ3) is 8.01. The summed E-state index contributed by atoms with van der Waals surface area (Å²) in [5.41, 5.74) is 7.06. The number of fused-ring (bicyclic) bond motifs is 3. The summed E-state index contributed by atoms with van der Waals surface area (Å²) >= 11 is 0. The van der Waals surface area contributed by atoms with E-state index >= 15 is 0 Å². The number of rotatable bonds is 7. The largest absolute Gasteiger partial charge is 0.497 e. The van der Waals surface area contributed by atoms with Gasteiger partial charge in [0.25, 0.3) is 0 Å². The molecule has 3 fully saturated rings. The summed E-state index contributed by atoms with van der Waals surface area (Å²) in [5.74, 6) is -2.08. The highest BCUT2D eigenvalue weighted by Crippen LogP contribution is 2.47. The van der Waals surface area contributed by atoms with Crippen LogP contribution in [0.2, 0.25) is 0 Å². The van der Waals surface area contributed by atoms with Crippen molar-refractivity contribution in [2.75, 3.05) is 20.2 Å². The number of morpholine rings is 1. The first kappa shape index (κ1) is 37.5. The second kappa shape index (κ2) is 15.9. The van der Waals surface area contributed by atoms with Gasteiger partial charge in [0.05, 0.1) is 36.4 Å². The van der Waals surface area contributed by atoms with Gasteiger partial charge in [0.15, 0.2) is 0 Å². The Morgan fingerprint density at radius 2 is 1.76 bits per heavy atom. The third-order valence-corrected chi connectivity index (χ3v) is 11.8. The van der Waals surface area contributed by atoms with Crippen LogP contribution in [0.25, 0.3) is 22.2 Å². The first-order valence-corrected chi connectivity index (χ1v) is 19.5. The molecule has 286 valence electrons. The Labute approximate surface area is 317 Å². The number of carbonyl (C=O) groups is 4. The summed E-state index contributed by atoms with van der Waals surface area (Å²) < 4.78 is 18.2. The van der Waals surface area contributed by atoms with E-state index in [1.807, 2.05) is 79.4 Å². The van der Waals surface area contributed by atoms with Gasteiger partial charge in [-0.05, 0) is 64.5 Å². The van der Waals surface area contributed by atoms with Gasteiger partial charge in [-0.25, -0.2) is 4.98 Å². The molecule has 8 atom stereocenters. The minimum Gasteiger partial charge on any atom is -0.497 e. The number of methoxy groups -OCH3 is 1. The Balaban J connectivity index is 1.21. The van der Waals surface area contributed by atoms with Gasteiger partial charge in [-0.3, -0.25) is 19.2 Å². The number of ether oxygens (including phenoxy) is 3. The molecule has 54 heavy (non-hydrogen) atoms. The predicted molar refractivity (Wildman–Crippen MR) is 204 cm³/mol. The SMILES string of the molecule is COc1ccc2c(O[C@H]3CC4C(=O)[C@@H](CC(=O)N5CC(C)OC(C)C5)CCCCCC=C[C@@H]5C[C@@]5(C(N)=O)NC(=O)[C@@H]4C3)cc(-c3ccccc3)nc2c1. The molecule has 4 aliphatic rings. The number of pyridine rings is 1. The maximum Gasteiger partial charge on any atom is 0.243 e. The first-order valence-electron chi connectivity index (χ1n) is 19.5. The van der Waals surface area contributed by atoms with E-state index in [1.165, 1.54) is 0 Å². The van der Waals surface area contributed by atoms with E-state index in [-0.39, 0.29) is 48.6 Å². The van der Waals surface area contributed by atoms with Gasteiger partial charge in [-0.2, -0.15) is 0 Å². The molecular formula is C43H52N4O7. The van der Waals surface area contributed by atoms with Crippen LogP contribution >= 0.6 is 0 Å². The number of aromatic nitrogens is 1. The van der Waals surface area contributed by atoms with E-state index < -0.39 is 35.3 Å². The minimum absolute atomic E-state index is 0.0661. The molecule has 2 aromatic carbocycles. The molecule has 3 amide bonds. The zero-order valence-electron chi connectivity index (χ0n) is 31.5. The van der Waals surface area contributed by atoms with E-state index in [0.717, 1.165) is 36.6 Å². The highest BCUT2D eigenvalue weighted by atomic mass is 16.5. The standard InChI is InChI=1S/C43H52N4O7/c1-26-24-47(25-27(2)53-26)39(48)18-29-14-8-5-4-6-11-15-30-23-43(30,42(44)51)46-41(50)35-20-32(19-34(35)40(29)49)54-38-22-36(28-12-9-7-10-13-28)45-37-21-31(52-3)16-17-33(37)38/h7,9-13,15-17,21-22,26-27,29-30,32,34-35H,4-6,8,14,18-20,23-25H2,1-3H3,(H2,44,51)(H,46,50)/t26?,27?,29-,30-,32+,34?,35-,43-/m1/s1. The Morgan fingerprint density at radius 1 is 1.00 bits per heavy atom. The lowest BCUT2D eigenvalue weighted by Crippen LogP contribution is -2.51. The Hall–Kier alpha value is -4.77. The van der Waals surface area contributed by atoms with E-state index in [9.17, 15) is 19.2 Å². The van der Waals surface area contributed by atoms with E-state index in [1.54, 1.807) is 7.11 Å². The van der Waals surface area contributed by atoms with Crippen molar-refractivity contribution >= 4 is 34.4 Å². The highest BCUT2D eigenvalue weighted by Gasteiger charge is 2.60. The molecule has 3 aromatic rings. The fourth-order valence-electron chi connectivity index (χ4n) is 8.81. The maximum atomic E-state index is 14.8. The van der Waals surface area contributed by atoms with Crippen LogP contribution in [0.15, 0.2) is 66.7 Å². The molecule has 3 N–H and O–H groups in total. The van der Waals surface area contributed by atoms with Gasteiger partial charge in [-0.15, -0.1) is 0 Å². The second-order valence-corrected chi connectivity index (χ2v) is 15.7. The average molecular weight is 737 g/mol. The monoisotopic (exact) mass is 736 g/mol. The smallest absolute Gasteiger partial charge is 0.243 e. The maximum absolute atomic E-state index is 14.8. The third-order valence-electron chi connectivity index (χ3n) is 11.8. The lowest BCUT2D eigenvalue weighted by Gasteiger charge is -2.36. The molecule has 11 heteroatoms. The van der Waals surface area contributed by atoms with Crippen LogP contribution in [0.4, 0.5) is 0 Å². The average Bonchev–Trinajstić information content (AvgIpc) is 3.70. The first-order chi connectivity index (χ1) is 26.0. The zero-order valence-corrected chi connectivity index (χ0v) is 31.5. The lowest BCUT2D eigenvalue weighted by molar-refractivity contribution is -0.147. The number of ketones is 1. The number of allylic oxidation sites excluding steroid dienone is 1. The van der Waals surface area contributed by atoms with Gasteiger partial charge in [-0.1, -0.05) is 55.3 Å². The quantitative estimate of drug-likeness (QED) is 0.290. The van der Waals surface area contributed by atoms with Crippen LogP contribution < -0.4 is 20.5 Å². The molecule has 11 nitrogen and oxygen atoms in total. The minimum atomic E-state index is -1.18. The van der Waals surface area contributed by atoms with Gasteiger partial charge >= 0.3 is 0 Å². The summed E-state index contributed by atoms with van der Waals surface area (Å²) in [7, 11) is 1.61. The van der Waals surface area contributed by atoms with Crippen molar-refractivity contribution in [1.29, 1.82) is 0 Å². The molecular weight excluding hydrogens is 684 g/mol. The molecule has 0 radical (unpaired) electrons. The van der Waals surface area contributed by atoms with Crippen molar-refractivity contribution in [1.82, 2.24) is 15.2 Å². The number of primary amides is 1. The van der Waals surface area contributed by atoms with Crippen LogP contribution in [-0.2, 0) is 23.9 Å². The van der Waals surface area contributed by atoms with Gasteiger partial charge in [0, 0.05) is 60.3 Å². The molecule has 1 aromatic heterocycles. The second-order valence-electron chi connectivity index (χ2n) is 15.7. The Morgan fingerprint density at radius 3 is 2.50 bits per heavy atom. The molecule has 0 spiro atoms. The number of benzene rings is 2. The number of nitrogens with one attached hydrogen (secondary N) is 1. The number of hydrogen-bond acceptors (Lipinski definition) is 8. The molecule has 2 aliphatic heterocycles. The van der Waals surface area contributed by atoms with Crippen molar-refractivity contribution in [3.63, 3.8) is 0 Å². The summed E-state index contributed by atoms with van der Waals surface area (Å²) in [6.45, 7) is 4.87. The number of hydrogen-bond donors (Lipinski definition) is 2. The number of nitrogens with two attached hydrogens (primary N) is 1. The summed E-state index contributed by atoms with van der Waals surface area (Å²) in [6.07, 6.45) is 8.45. The van der Waals surface area contributed by atoms with Crippen LogP contribution in [0.3, 0.4) is 0 Å². The fourth-order valence-corrected chi connectivity index (χ4v) is 8.81. The van der Waals surface area contributed by atoms with E-state index in [2.05, 4.69) is 11.4 Å². The molecule has 7 rings (SSSR count). The van der Waals surface area contributed by atoms with Gasteiger partial charge in [0.1, 0.15) is 28.9 Å². The van der Waals surface area contributed by atoms with Gasteiger partial charge in [0.2, 0.25) is 17.7 Å².